The van der Waals surface area contributed by atoms with E-state index in [0.29, 0.717) is 36.8 Å². The zero-order chi connectivity index (χ0) is 21.2. The number of carbonyl (C=O) groups excluding carboxylic acids is 2. The molecule has 0 aliphatic carbocycles. The van der Waals surface area contributed by atoms with Gasteiger partial charge in [-0.1, -0.05) is 18.2 Å². The van der Waals surface area contributed by atoms with Gasteiger partial charge in [0.15, 0.2) is 5.76 Å². The zero-order valence-electron chi connectivity index (χ0n) is 16.7. The van der Waals surface area contributed by atoms with E-state index < -0.39 is 0 Å². The van der Waals surface area contributed by atoms with Crippen LogP contribution in [0.2, 0.25) is 0 Å². The second-order valence-electron chi connectivity index (χ2n) is 7.55. The first-order valence-corrected chi connectivity index (χ1v) is 11.1. The molecule has 1 N–H and O–H groups in total. The van der Waals surface area contributed by atoms with Gasteiger partial charge in [-0.15, -0.1) is 11.3 Å². The highest BCUT2D eigenvalue weighted by molar-refractivity contribution is 7.09. The number of aromatic nitrogens is 1. The Balaban J connectivity index is 1.18. The molecule has 1 aromatic carbocycles. The molecule has 1 aliphatic heterocycles. The first-order chi connectivity index (χ1) is 15.2. The van der Waals surface area contributed by atoms with Gasteiger partial charge in [-0.05, 0) is 37.1 Å². The molecule has 1 saturated heterocycles. The van der Waals surface area contributed by atoms with E-state index in [4.69, 9.17) is 8.83 Å². The highest BCUT2D eigenvalue weighted by Crippen LogP contribution is 2.31. The molecule has 31 heavy (non-hydrogen) atoms. The average Bonchev–Trinajstić information content (AvgIpc) is 3.57. The fourth-order valence-electron chi connectivity index (χ4n) is 3.82. The van der Waals surface area contributed by atoms with Crippen LogP contribution in [-0.4, -0.2) is 34.8 Å². The molecule has 1 fully saturated rings. The lowest BCUT2D eigenvalue weighted by molar-refractivity contribution is 0.0683. The third-order valence-electron chi connectivity index (χ3n) is 5.53. The maximum absolute atomic E-state index is 12.8. The second kappa shape index (κ2) is 8.39. The lowest BCUT2D eigenvalue weighted by atomic mass is 9.97. The SMILES string of the molecule is O=C(NCc1ccco1)c1csc(C2CCN(C(=O)c3cc4ccccc4o3)CC2)n1. The third-order valence-corrected chi connectivity index (χ3v) is 6.53. The number of likely N-dealkylation sites (tertiary alicyclic amines) is 1. The summed E-state index contributed by atoms with van der Waals surface area (Å²) < 4.78 is 10.9. The molecule has 1 aliphatic rings. The lowest BCUT2D eigenvalue weighted by Gasteiger charge is -2.30. The number of amides is 2. The molecule has 0 radical (unpaired) electrons. The molecule has 2 amide bonds. The van der Waals surface area contributed by atoms with Crippen molar-refractivity contribution in [3.63, 3.8) is 0 Å². The van der Waals surface area contributed by atoms with Gasteiger partial charge in [-0.3, -0.25) is 9.59 Å². The summed E-state index contributed by atoms with van der Waals surface area (Å²) >= 11 is 1.50. The summed E-state index contributed by atoms with van der Waals surface area (Å²) in [6.45, 7) is 1.61. The largest absolute Gasteiger partial charge is 0.467 e. The van der Waals surface area contributed by atoms with Gasteiger partial charge in [0.2, 0.25) is 0 Å². The molecule has 5 rings (SSSR count). The van der Waals surface area contributed by atoms with Gasteiger partial charge in [0.05, 0.1) is 17.8 Å². The summed E-state index contributed by atoms with van der Waals surface area (Å²) in [7, 11) is 0. The van der Waals surface area contributed by atoms with Gasteiger partial charge in [0.1, 0.15) is 17.0 Å². The molecule has 8 heteroatoms. The number of furan rings is 2. The summed E-state index contributed by atoms with van der Waals surface area (Å²) in [4.78, 5) is 31.5. The van der Waals surface area contributed by atoms with E-state index in [1.165, 1.54) is 11.3 Å². The van der Waals surface area contributed by atoms with Crippen molar-refractivity contribution in [1.82, 2.24) is 15.2 Å². The smallest absolute Gasteiger partial charge is 0.289 e. The van der Waals surface area contributed by atoms with Crippen molar-refractivity contribution in [3.8, 4) is 0 Å². The van der Waals surface area contributed by atoms with Crippen LogP contribution in [0.1, 0.15) is 50.6 Å². The lowest BCUT2D eigenvalue weighted by Crippen LogP contribution is -2.37. The standard InChI is InChI=1S/C23H21N3O4S/c27-21(24-13-17-5-3-11-29-17)18-14-31-22(25-18)15-7-9-26(10-8-15)23(28)20-12-16-4-1-2-6-19(16)30-20/h1-6,11-12,14-15H,7-10,13H2,(H,24,27). The van der Waals surface area contributed by atoms with Crippen LogP contribution >= 0.6 is 11.3 Å². The van der Waals surface area contributed by atoms with Crippen LogP contribution < -0.4 is 5.32 Å². The molecule has 0 saturated carbocycles. The van der Waals surface area contributed by atoms with Crippen LogP contribution in [0, 0.1) is 0 Å². The minimum Gasteiger partial charge on any atom is -0.467 e. The normalized spacial score (nSPS) is 14.8. The minimum absolute atomic E-state index is 0.0771. The first kappa shape index (κ1) is 19.6. The minimum atomic E-state index is -0.212. The van der Waals surface area contributed by atoms with Crippen LogP contribution in [-0.2, 0) is 6.54 Å². The van der Waals surface area contributed by atoms with E-state index >= 15 is 0 Å². The molecule has 0 spiro atoms. The van der Waals surface area contributed by atoms with Crippen molar-refractivity contribution in [1.29, 1.82) is 0 Å². The number of nitrogens with one attached hydrogen (secondary N) is 1. The van der Waals surface area contributed by atoms with Gasteiger partial charge in [-0.2, -0.15) is 0 Å². The molecule has 3 aromatic heterocycles. The average molecular weight is 436 g/mol. The number of hydrogen-bond donors (Lipinski definition) is 1. The Morgan fingerprint density at radius 1 is 1.16 bits per heavy atom. The molecule has 0 unspecified atom stereocenters. The predicted molar refractivity (Wildman–Crippen MR) is 116 cm³/mol. The summed E-state index contributed by atoms with van der Waals surface area (Å²) in [5.74, 6) is 1.04. The Kier molecular flexibility index (Phi) is 5.30. The van der Waals surface area contributed by atoms with Crippen LogP contribution in [0.15, 0.2) is 62.9 Å². The number of nitrogens with zero attached hydrogens (tertiary/aromatic N) is 2. The fourth-order valence-corrected chi connectivity index (χ4v) is 4.79. The molecule has 4 aromatic rings. The van der Waals surface area contributed by atoms with Crippen LogP contribution in [0.25, 0.3) is 11.0 Å². The number of piperidine rings is 1. The van der Waals surface area contributed by atoms with E-state index in [9.17, 15) is 9.59 Å². The predicted octanol–water partition coefficient (Wildman–Crippen LogP) is 4.43. The quantitative estimate of drug-likeness (QED) is 0.501. The second-order valence-corrected chi connectivity index (χ2v) is 8.44. The van der Waals surface area contributed by atoms with E-state index in [0.717, 1.165) is 28.8 Å². The Labute approximate surface area is 182 Å². The van der Waals surface area contributed by atoms with Crippen molar-refractivity contribution in [2.24, 2.45) is 0 Å². The number of thiazole rings is 1. The van der Waals surface area contributed by atoms with Crippen LogP contribution in [0.4, 0.5) is 0 Å². The fraction of sp³-hybridized carbons (Fsp3) is 0.261. The Morgan fingerprint density at radius 2 is 2.00 bits per heavy atom. The maximum atomic E-state index is 12.8. The number of rotatable bonds is 5. The Morgan fingerprint density at radius 3 is 2.77 bits per heavy atom. The Hall–Kier alpha value is -3.39. The molecule has 7 nitrogen and oxygen atoms in total. The Bertz CT molecular complexity index is 1170. The van der Waals surface area contributed by atoms with Crippen molar-refractivity contribution in [2.45, 2.75) is 25.3 Å². The van der Waals surface area contributed by atoms with Gasteiger partial charge in [0, 0.05) is 29.8 Å². The van der Waals surface area contributed by atoms with E-state index in [-0.39, 0.29) is 17.7 Å². The highest BCUT2D eigenvalue weighted by Gasteiger charge is 2.28. The number of benzene rings is 1. The third kappa shape index (κ3) is 4.11. The number of hydrogen-bond acceptors (Lipinski definition) is 6. The molecule has 158 valence electrons. The number of para-hydroxylation sites is 1. The van der Waals surface area contributed by atoms with Crippen molar-refractivity contribution < 1.29 is 18.4 Å². The van der Waals surface area contributed by atoms with E-state index in [1.54, 1.807) is 23.8 Å². The van der Waals surface area contributed by atoms with E-state index in [2.05, 4.69) is 10.3 Å². The molecular weight excluding hydrogens is 414 g/mol. The van der Waals surface area contributed by atoms with Gasteiger partial charge >= 0.3 is 0 Å². The van der Waals surface area contributed by atoms with Crippen LogP contribution in [0.5, 0.6) is 0 Å². The molecule has 4 heterocycles. The van der Waals surface area contributed by atoms with Gasteiger partial charge in [-0.25, -0.2) is 4.98 Å². The summed E-state index contributed by atoms with van der Waals surface area (Å²) in [6.07, 6.45) is 3.20. The van der Waals surface area contributed by atoms with Crippen molar-refractivity contribution >= 4 is 34.1 Å². The summed E-state index contributed by atoms with van der Waals surface area (Å²) in [6, 6.07) is 13.0. The zero-order valence-corrected chi connectivity index (χ0v) is 17.6. The highest BCUT2D eigenvalue weighted by atomic mass is 32.1. The summed E-state index contributed by atoms with van der Waals surface area (Å²) in [5, 5.41) is 6.48. The van der Waals surface area contributed by atoms with Gasteiger partial charge < -0.3 is 19.1 Å². The first-order valence-electron chi connectivity index (χ1n) is 10.2. The molecule has 0 atom stereocenters. The van der Waals surface area contributed by atoms with E-state index in [1.807, 2.05) is 35.2 Å². The van der Waals surface area contributed by atoms with Crippen LogP contribution in [0.3, 0.4) is 0 Å². The molecule has 0 bridgehead atoms. The van der Waals surface area contributed by atoms with Crippen molar-refractivity contribution in [3.05, 3.63) is 76.3 Å². The topological polar surface area (TPSA) is 88.6 Å². The van der Waals surface area contributed by atoms with Gasteiger partial charge in [0.25, 0.3) is 11.8 Å². The maximum Gasteiger partial charge on any atom is 0.289 e. The van der Waals surface area contributed by atoms with Crippen molar-refractivity contribution in [2.75, 3.05) is 13.1 Å². The monoisotopic (exact) mass is 435 g/mol. The number of fused-ring (bicyclic) bond motifs is 1. The number of carbonyl (C=O) groups is 2. The molecular formula is C23H21N3O4S. The summed E-state index contributed by atoms with van der Waals surface area (Å²) in [5.41, 5.74) is 1.15.